The minimum atomic E-state index is 0.0603. The number of nitrogens with two attached hydrogens (primary N) is 1. The lowest BCUT2D eigenvalue weighted by molar-refractivity contribution is -0.121. The van der Waals surface area contributed by atoms with E-state index in [9.17, 15) is 4.79 Å². The molecular weight excluding hydrogens is 242 g/mol. The number of aryl methyl sites for hydroxylation is 2. The number of hydrogen-bond donors (Lipinski definition) is 2. The molecular formula is C14H25N3O2. The predicted octanol–water partition coefficient (Wildman–Crippen LogP) is 2.06. The van der Waals surface area contributed by atoms with Crippen molar-refractivity contribution in [3.63, 3.8) is 0 Å². The van der Waals surface area contributed by atoms with Gasteiger partial charge in [0.05, 0.1) is 5.69 Å². The molecule has 108 valence electrons. The Morgan fingerprint density at radius 3 is 2.58 bits per heavy atom. The summed E-state index contributed by atoms with van der Waals surface area (Å²) >= 11 is 0. The number of nitrogens with one attached hydrogen (secondary N) is 1. The molecule has 19 heavy (non-hydrogen) atoms. The van der Waals surface area contributed by atoms with Crippen LogP contribution < -0.4 is 11.1 Å². The van der Waals surface area contributed by atoms with Crippen LogP contribution >= 0.6 is 0 Å². The van der Waals surface area contributed by atoms with Crippen LogP contribution in [0.5, 0.6) is 0 Å². The first-order valence-corrected chi connectivity index (χ1v) is 6.74. The third-order valence-electron chi connectivity index (χ3n) is 3.49. The van der Waals surface area contributed by atoms with Gasteiger partial charge in [0.2, 0.25) is 5.91 Å². The molecule has 0 fully saturated rings. The van der Waals surface area contributed by atoms with Crippen LogP contribution in [0.1, 0.15) is 50.1 Å². The molecule has 0 aromatic carbocycles. The highest BCUT2D eigenvalue weighted by molar-refractivity contribution is 5.75. The molecule has 5 heteroatoms. The number of carbonyl (C=O) groups is 1. The quantitative estimate of drug-likeness (QED) is 0.792. The fourth-order valence-electron chi connectivity index (χ4n) is 2.00. The number of carbonyl (C=O) groups excluding carboxylic acids is 1. The van der Waals surface area contributed by atoms with E-state index in [2.05, 4.69) is 24.3 Å². The SMILES string of the molecule is Cc1noc(C)c1CNC(=O)CCC(C)(C)CCN. The molecule has 0 spiro atoms. The van der Waals surface area contributed by atoms with E-state index < -0.39 is 0 Å². The fraction of sp³-hybridized carbons (Fsp3) is 0.714. The summed E-state index contributed by atoms with van der Waals surface area (Å²) in [7, 11) is 0. The molecule has 1 amide bonds. The highest BCUT2D eigenvalue weighted by Gasteiger charge is 2.18. The van der Waals surface area contributed by atoms with E-state index in [1.165, 1.54) is 0 Å². The van der Waals surface area contributed by atoms with Crippen LogP contribution in [0, 0.1) is 19.3 Å². The average Bonchev–Trinajstić information content (AvgIpc) is 2.64. The van der Waals surface area contributed by atoms with Gasteiger partial charge in [0.15, 0.2) is 0 Å². The third-order valence-corrected chi connectivity index (χ3v) is 3.49. The molecule has 0 bridgehead atoms. The van der Waals surface area contributed by atoms with Crippen LogP contribution in [-0.4, -0.2) is 17.6 Å². The molecule has 0 saturated carbocycles. The van der Waals surface area contributed by atoms with Gasteiger partial charge in [0.1, 0.15) is 5.76 Å². The molecule has 0 unspecified atom stereocenters. The lowest BCUT2D eigenvalue weighted by atomic mass is 9.84. The Bertz CT molecular complexity index is 405. The Balaban J connectivity index is 2.37. The van der Waals surface area contributed by atoms with Crippen molar-refractivity contribution in [3.8, 4) is 0 Å². The van der Waals surface area contributed by atoms with Crippen molar-refractivity contribution in [3.05, 3.63) is 17.0 Å². The van der Waals surface area contributed by atoms with Gasteiger partial charge in [-0.15, -0.1) is 0 Å². The normalized spacial score (nSPS) is 11.6. The zero-order chi connectivity index (χ0) is 14.5. The summed E-state index contributed by atoms with van der Waals surface area (Å²) in [6.45, 7) is 9.15. The van der Waals surface area contributed by atoms with Crippen molar-refractivity contribution < 1.29 is 9.32 Å². The Morgan fingerprint density at radius 1 is 1.37 bits per heavy atom. The summed E-state index contributed by atoms with van der Waals surface area (Å²) in [6, 6.07) is 0. The number of amides is 1. The van der Waals surface area contributed by atoms with Gasteiger partial charge in [-0.05, 0) is 38.6 Å². The minimum Gasteiger partial charge on any atom is -0.361 e. The highest BCUT2D eigenvalue weighted by atomic mass is 16.5. The summed E-state index contributed by atoms with van der Waals surface area (Å²) in [5.41, 5.74) is 7.48. The maximum Gasteiger partial charge on any atom is 0.220 e. The summed E-state index contributed by atoms with van der Waals surface area (Å²) in [5, 5.41) is 6.77. The smallest absolute Gasteiger partial charge is 0.220 e. The van der Waals surface area contributed by atoms with Gasteiger partial charge in [-0.2, -0.15) is 0 Å². The standard InChI is InChI=1S/C14H25N3O2/c1-10-12(11(2)19-17-10)9-16-13(18)5-6-14(3,4)7-8-15/h5-9,15H2,1-4H3,(H,16,18). The van der Waals surface area contributed by atoms with Crippen molar-refractivity contribution >= 4 is 5.91 Å². The van der Waals surface area contributed by atoms with Gasteiger partial charge in [-0.1, -0.05) is 19.0 Å². The Labute approximate surface area is 114 Å². The van der Waals surface area contributed by atoms with Gasteiger partial charge in [0, 0.05) is 18.5 Å². The minimum absolute atomic E-state index is 0.0603. The average molecular weight is 267 g/mol. The van der Waals surface area contributed by atoms with E-state index in [0.29, 0.717) is 19.5 Å². The van der Waals surface area contributed by atoms with Crippen LogP contribution in [0.2, 0.25) is 0 Å². The molecule has 0 atom stereocenters. The molecule has 0 radical (unpaired) electrons. The summed E-state index contributed by atoms with van der Waals surface area (Å²) in [5.74, 6) is 0.825. The molecule has 1 heterocycles. The summed E-state index contributed by atoms with van der Waals surface area (Å²) < 4.78 is 5.06. The molecule has 1 rings (SSSR count). The number of aromatic nitrogens is 1. The van der Waals surface area contributed by atoms with Crippen molar-refractivity contribution in [2.45, 2.75) is 53.5 Å². The number of nitrogens with zero attached hydrogens (tertiary/aromatic N) is 1. The summed E-state index contributed by atoms with van der Waals surface area (Å²) in [6.07, 6.45) is 2.30. The fourth-order valence-corrected chi connectivity index (χ4v) is 2.00. The molecule has 5 nitrogen and oxygen atoms in total. The van der Waals surface area contributed by atoms with E-state index in [1.54, 1.807) is 0 Å². The predicted molar refractivity (Wildman–Crippen MR) is 74.5 cm³/mol. The van der Waals surface area contributed by atoms with Crippen LogP contribution in [0.25, 0.3) is 0 Å². The first kappa shape index (κ1) is 15.7. The van der Waals surface area contributed by atoms with Crippen LogP contribution in [0.3, 0.4) is 0 Å². The van der Waals surface area contributed by atoms with E-state index in [1.807, 2.05) is 13.8 Å². The van der Waals surface area contributed by atoms with Gasteiger partial charge < -0.3 is 15.6 Å². The van der Waals surface area contributed by atoms with E-state index in [0.717, 1.165) is 29.9 Å². The number of hydrogen-bond acceptors (Lipinski definition) is 4. The lowest BCUT2D eigenvalue weighted by Crippen LogP contribution is -2.26. The van der Waals surface area contributed by atoms with E-state index in [4.69, 9.17) is 10.3 Å². The third kappa shape index (κ3) is 5.03. The van der Waals surface area contributed by atoms with E-state index >= 15 is 0 Å². The second-order valence-corrected chi connectivity index (χ2v) is 5.78. The largest absolute Gasteiger partial charge is 0.361 e. The van der Waals surface area contributed by atoms with Crippen LogP contribution in [-0.2, 0) is 11.3 Å². The molecule has 1 aromatic rings. The Hall–Kier alpha value is -1.36. The van der Waals surface area contributed by atoms with Gasteiger partial charge >= 0.3 is 0 Å². The van der Waals surface area contributed by atoms with Crippen LogP contribution in [0.4, 0.5) is 0 Å². The topological polar surface area (TPSA) is 81.2 Å². The molecule has 0 saturated heterocycles. The zero-order valence-electron chi connectivity index (χ0n) is 12.4. The van der Waals surface area contributed by atoms with Crippen molar-refractivity contribution in [2.24, 2.45) is 11.1 Å². The van der Waals surface area contributed by atoms with Crippen molar-refractivity contribution in [1.29, 1.82) is 0 Å². The highest BCUT2D eigenvalue weighted by Crippen LogP contribution is 2.25. The monoisotopic (exact) mass is 267 g/mol. The molecule has 0 aliphatic rings. The molecule has 0 aliphatic heterocycles. The zero-order valence-corrected chi connectivity index (χ0v) is 12.4. The lowest BCUT2D eigenvalue weighted by Gasteiger charge is -2.23. The first-order valence-electron chi connectivity index (χ1n) is 6.74. The molecule has 3 N–H and O–H groups in total. The number of rotatable bonds is 7. The van der Waals surface area contributed by atoms with E-state index in [-0.39, 0.29) is 11.3 Å². The van der Waals surface area contributed by atoms with Gasteiger partial charge in [0.25, 0.3) is 0 Å². The molecule has 1 aromatic heterocycles. The summed E-state index contributed by atoms with van der Waals surface area (Å²) in [4.78, 5) is 11.8. The second-order valence-electron chi connectivity index (χ2n) is 5.78. The maximum absolute atomic E-state index is 11.8. The van der Waals surface area contributed by atoms with Crippen molar-refractivity contribution in [2.75, 3.05) is 6.54 Å². The Kier molecular flexibility index (Phi) is 5.54. The van der Waals surface area contributed by atoms with Crippen molar-refractivity contribution in [1.82, 2.24) is 10.5 Å². The first-order chi connectivity index (χ1) is 8.85. The Morgan fingerprint density at radius 2 is 2.05 bits per heavy atom. The van der Waals surface area contributed by atoms with Gasteiger partial charge in [-0.25, -0.2) is 0 Å². The molecule has 0 aliphatic carbocycles. The van der Waals surface area contributed by atoms with Crippen LogP contribution in [0.15, 0.2) is 4.52 Å². The maximum atomic E-state index is 11.8. The second kappa shape index (κ2) is 6.70. The van der Waals surface area contributed by atoms with Gasteiger partial charge in [-0.3, -0.25) is 4.79 Å².